The summed E-state index contributed by atoms with van der Waals surface area (Å²) in [6.45, 7) is 3.49. The van der Waals surface area contributed by atoms with Crippen molar-refractivity contribution in [2.45, 2.75) is 19.4 Å². The molecule has 2 aromatic rings. The molecule has 1 N–H and O–H groups in total. The maximum Gasteiger partial charge on any atom is 0.161 e. The molecule has 1 heterocycles. The summed E-state index contributed by atoms with van der Waals surface area (Å²) in [6.07, 6.45) is 2.47. The lowest BCUT2D eigenvalue weighted by Crippen LogP contribution is -2.33. The Morgan fingerprint density at radius 1 is 0.913 bits per heavy atom. The van der Waals surface area contributed by atoms with Crippen LogP contribution in [0.1, 0.15) is 18.4 Å². The van der Waals surface area contributed by atoms with Gasteiger partial charge in [-0.3, -0.25) is 0 Å². The third-order valence-electron chi connectivity index (χ3n) is 3.96. The van der Waals surface area contributed by atoms with Gasteiger partial charge < -0.3 is 14.8 Å². The van der Waals surface area contributed by atoms with Crippen molar-refractivity contribution >= 4 is 12.4 Å². The van der Waals surface area contributed by atoms with Crippen molar-refractivity contribution in [2.24, 2.45) is 5.92 Å². The second kappa shape index (κ2) is 9.43. The monoisotopic (exact) mass is 333 g/mol. The first kappa shape index (κ1) is 17.6. The van der Waals surface area contributed by atoms with E-state index in [1.54, 1.807) is 0 Å². The molecule has 1 unspecified atom stereocenters. The molecule has 3 nitrogen and oxygen atoms in total. The van der Waals surface area contributed by atoms with Gasteiger partial charge in [0.25, 0.3) is 0 Å². The smallest absolute Gasteiger partial charge is 0.161 e. The molecule has 0 bridgehead atoms. The van der Waals surface area contributed by atoms with E-state index in [2.05, 4.69) is 17.4 Å². The Morgan fingerprint density at radius 3 is 2.30 bits per heavy atom. The van der Waals surface area contributed by atoms with Crippen LogP contribution in [0.2, 0.25) is 0 Å². The lowest BCUT2D eigenvalue weighted by Gasteiger charge is -2.23. The summed E-state index contributed by atoms with van der Waals surface area (Å²) in [4.78, 5) is 0. The van der Waals surface area contributed by atoms with Gasteiger partial charge in [-0.15, -0.1) is 12.4 Å². The van der Waals surface area contributed by atoms with Gasteiger partial charge in [-0.05, 0) is 37.1 Å². The summed E-state index contributed by atoms with van der Waals surface area (Å²) in [5.74, 6) is 2.25. The number of halogens is 1. The zero-order valence-electron chi connectivity index (χ0n) is 13.2. The van der Waals surface area contributed by atoms with E-state index >= 15 is 0 Å². The standard InChI is InChI=1S/C19H23NO2.ClH/c1-2-7-16(8-3-1)14-21-18-10-4-5-11-19(18)22-15-17-9-6-12-20-13-17;/h1-5,7-8,10-11,17,20H,6,9,12-15H2;1H. The number of benzene rings is 2. The van der Waals surface area contributed by atoms with Crippen molar-refractivity contribution < 1.29 is 9.47 Å². The maximum absolute atomic E-state index is 6.00. The highest BCUT2D eigenvalue weighted by Crippen LogP contribution is 2.28. The highest BCUT2D eigenvalue weighted by Gasteiger charge is 2.14. The Kier molecular flexibility index (Phi) is 7.24. The zero-order chi connectivity index (χ0) is 15.0. The Labute approximate surface area is 144 Å². The second-order valence-electron chi connectivity index (χ2n) is 5.74. The SMILES string of the molecule is Cl.c1ccc(COc2ccccc2OCC2CCCNC2)cc1. The number of piperidine rings is 1. The van der Waals surface area contributed by atoms with E-state index in [9.17, 15) is 0 Å². The van der Waals surface area contributed by atoms with E-state index in [4.69, 9.17) is 9.47 Å². The first-order valence-corrected chi connectivity index (χ1v) is 8.01. The van der Waals surface area contributed by atoms with Gasteiger partial charge in [0.1, 0.15) is 6.61 Å². The van der Waals surface area contributed by atoms with Crippen molar-refractivity contribution in [1.29, 1.82) is 0 Å². The molecular weight excluding hydrogens is 310 g/mol. The fourth-order valence-corrected chi connectivity index (χ4v) is 2.70. The molecule has 0 aromatic heterocycles. The second-order valence-corrected chi connectivity index (χ2v) is 5.74. The molecule has 0 aliphatic carbocycles. The quantitative estimate of drug-likeness (QED) is 0.864. The lowest BCUT2D eigenvalue weighted by atomic mass is 10.0. The number of nitrogens with one attached hydrogen (secondary N) is 1. The van der Waals surface area contributed by atoms with Gasteiger partial charge in [-0.2, -0.15) is 0 Å². The van der Waals surface area contributed by atoms with E-state index in [-0.39, 0.29) is 12.4 Å². The highest BCUT2D eigenvalue weighted by atomic mass is 35.5. The predicted molar refractivity (Wildman–Crippen MR) is 95.6 cm³/mol. The van der Waals surface area contributed by atoms with Gasteiger partial charge in [0, 0.05) is 12.5 Å². The van der Waals surface area contributed by atoms with Crippen LogP contribution in [0, 0.1) is 5.92 Å². The number of para-hydroxylation sites is 2. The molecule has 1 fully saturated rings. The molecule has 124 valence electrons. The van der Waals surface area contributed by atoms with E-state index < -0.39 is 0 Å². The molecule has 1 aliphatic heterocycles. The van der Waals surface area contributed by atoms with Gasteiger partial charge >= 0.3 is 0 Å². The van der Waals surface area contributed by atoms with Crippen LogP contribution >= 0.6 is 12.4 Å². The summed E-state index contributed by atoms with van der Waals surface area (Å²) < 4.78 is 11.9. The van der Waals surface area contributed by atoms with Crippen molar-refractivity contribution in [1.82, 2.24) is 5.32 Å². The minimum Gasteiger partial charge on any atom is -0.489 e. The number of hydrogen-bond acceptors (Lipinski definition) is 3. The molecular formula is C19H24ClNO2. The molecule has 0 saturated carbocycles. The van der Waals surface area contributed by atoms with Crippen LogP contribution in [0.5, 0.6) is 11.5 Å². The molecule has 0 amide bonds. The molecule has 0 radical (unpaired) electrons. The summed E-state index contributed by atoms with van der Waals surface area (Å²) in [5.41, 5.74) is 1.16. The van der Waals surface area contributed by atoms with Crippen LogP contribution in [-0.2, 0) is 6.61 Å². The molecule has 2 aromatic carbocycles. The topological polar surface area (TPSA) is 30.5 Å². The molecule has 0 spiro atoms. The normalized spacial score (nSPS) is 17.1. The molecule has 1 aliphatic rings. The van der Waals surface area contributed by atoms with Crippen LogP contribution in [0.25, 0.3) is 0 Å². The summed E-state index contributed by atoms with van der Waals surface area (Å²) in [5, 5.41) is 3.42. The van der Waals surface area contributed by atoms with E-state index in [1.807, 2.05) is 42.5 Å². The van der Waals surface area contributed by atoms with Gasteiger partial charge in [-0.25, -0.2) is 0 Å². The minimum absolute atomic E-state index is 0. The van der Waals surface area contributed by atoms with Crippen LogP contribution < -0.4 is 14.8 Å². The van der Waals surface area contributed by atoms with E-state index in [0.29, 0.717) is 12.5 Å². The van der Waals surface area contributed by atoms with Gasteiger partial charge in [-0.1, -0.05) is 42.5 Å². The van der Waals surface area contributed by atoms with Gasteiger partial charge in [0.05, 0.1) is 6.61 Å². The lowest BCUT2D eigenvalue weighted by molar-refractivity contribution is 0.204. The van der Waals surface area contributed by atoms with Gasteiger partial charge in [0.2, 0.25) is 0 Å². The molecule has 23 heavy (non-hydrogen) atoms. The van der Waals surface area contributed by atoms with Gasteiger partial charge in [0.15, 0.2) is 11.5 Å². The van der Waals surface area contributed by atoms with Crippen LogP contribution in [-0.4, -0.2) is 19.7 Å². The highest BCUT2D eigenvalue weighted by molar-refractivity contribution is 5.85. The van der Waals surface area contributed by atoms with Crippen molar-refractivity contribution in [3.8, 4) is 11.5 Å². The summed E-state index contributed by atoms with van der Waals surface area (Å²) >= 11 is 0. The van der Waals surface area contributed by atoms with Crippen LogP contribution in [0.15, 0.2) is 54.6 Å². The molecule has 1 atom stereocenters. The number of hydrogen-bond donors (Lipinski definition) is 1. The molecule has 4 heteroatoms. The van der Waals surface area contributed by atoms with Crippen LogP contribution in [0.3, 0.4) is 0 Å². The first-order chi connectivity index (χ1) is 10.9. The van der Waals surface area contributed by atoms with Crippen molar-refractivity contribution in [3.05, 3.63) is 60.2 Å². The van der Waals surface area contributed by atoms with Crippen molar-refractivity contribution in [2.75, 3.05) is 19.7 Å². The Hall–Kier alpha value is -1.71. The molecule has 3 rings (SSSR count). The average molecular weight is 334 g/mol. The third-order valence-corrected chi connectivity index (χ3v) is 3.96. The Bertz CT molecular complexity index is 571. The van der Waals surface area contributed by atoms with E-state index in [0.717, 1.165) is 36.8 Å². The first-order valence-electron chi connectivity index (χ1n) is 8.01. The average Bonchev–Trinajstić information content (AvgIpc) is 2.61. The number of ether oxygens (including phenoxy) is 2. The zero-order valence-corrected chi connectivity index (χ0v) is 14.1. The van der Waals surface area contributed by atoms with E-state index in [1.165, 1.54) is 12.8 Å². The minimum atomic E-state index is 0. The third kappa shape index (κ3) is 5.45. The summed E-state index contributed by atoms with van der Waals surface area (Å²) in [6, 6.07) is 18.1. The Balaban J connectivity index is 0.00000192. The van der Waals surface area contributed by atoms with Crippen LogP contribution in [0.4, 0.5) is 0 Å². The summed E-state index contributed by atoms with van der Waals surface area (Å²) in [7, 11) is 0. The van der Waals surface area contributed by atoms with Crippen molar-refractivity contribution in [3.63, 3.8) is 0 Å². The predicted octanol–water partition coefficient (Wildman–Crippen LogP) is 4.07. The fraction of sp³-hybridized carbons (Fsp3) is 0.368. The molecule has 1 saturated heterocycles. The Morgan fingerprint density at radius 2 is 1.61 bits per heavy atom. The fourth-order valence-electron chi connectivity index (χ4n) is 2.70. The largest absolute Gasteiger partial charge is 0.489 e. The number of rotatable bonds is 6. The maximum atomic E-state index is 6.00.